The van der Waals surface area contributed by atoms with Gasteiger partial charge in [-0.2, -0.15) is 4.40 Å². The number of rotatable bonds is 0. The number of phenols is 1. The van der Waals surface area contributed by atoms with Crippen molar-refractivity contribution in [2.45, 2.75) is 0 Å². The predicted octanol–water partition coefficient (Wildman–Crippen LogP) is 1.79. The zero-order valence-corrected chi connectivity index (χ0v) is 10.9. The predicted molar refractivity (Wildman–Crippen MR) is 79.1 cm³/mol. The third-order valence-corrected chi connectivity index (χ3v) is 3.54. The number of aromatic hydroxyl groups is 1. The average molecular weight is 279 g/mol. The van der Waals surface area contributed by atoms with E-state index < -0.39 is 0 Å². The molecule has 0 saturated carbocycles. The standard InChI is InChI=1S/C15H10N4O2/c16-11-7-9-4-6-18-14-12(3-1-2-5-17-14)19(21)15(18)10(9)8-13(11)20/h2-8,16,20-21H/p+1. The number of aromatic nitrogens is 2. The highest BCUT2D eigenvalue weighted by molar-refractivity contribution is 5.96. The Morgan fingerprint density at radius 2 is 2.19 bits per heavy atom. The molecule has 1 aliphatic rings. The van der Waals surface area contributed by atoms with Gasteiger partial charge in [0.25, 0.3) is 5.65 Å². The third kappa shape index (κ3) is 1.47. The first-order valence-electron chi connectivity index (χ1n) is 6.32. The summed E-state index contributed by atoms with van der Waals surface area (Å²) in [5.41, 5.74) is 9.95. The van der Waals surface area contributed by atoms with Crippen molar-refractivity contribution in [2.75, 3.05) is 5.73 Å². The fourth-order valence-electron chi connectivity index (χ4n) is 2.56. The van der Waals surface area contributed by atoms with Crippen LogP contribution in [-0.2, 0) is 0 Å². The number of anilines is 1. The van der Waals surface area contributed by atoms with Gasteiger partial charge in [0.2, 0.25) is 5.69 Å². The number of pyridine rings is 1. The summed E-state index contributed by atoms with van der Waals surface area (Å²) in [6, 6.07) is 5.06. The monoisotopic (exact) mass is 279 g/mol. The number of phenolic OH excluding ortho intramolecular Hbond substituents is 1. The van der Waals surface area contributed by atoms with Crippen molar-refractivity contribution in [3.05, 3.63) is 41.9 Å². The van der Waals surface area contributed by atoms with Crippen molar-refractivity contribution in [3.63, 3.8) is 0 Å². The summed E-state index contributed by atoms with van der Waals surface area (Å²) >= 11 is 0. The lowest BCUT2D eigenvalue weighted by atomic mass is 10.1. The molecule has 4 rings (SSSR count). The van der Waals surface area contributed by atoms with E-state index in [1.54, 1.807) is 35.0 Å². The van der Waals surface area contributed by atoms with E-state index >= 15 is 0 Å². The molecule has 0 bridgehead atoms. The zero-order chi connectivity index (χ0) is 14.6. The van der Waals surface area contributed by atoms with Crippen LogP contribution in [0, 0.1) is 0 Å². The van der Waals surface area contributed by atoms with Gasteiger partial charge in [-0.05, 0) is 23.6 Å². The molecule has 6 heteroatoms. The first kappa shape index (κ1) is 11.6. The summed E-state index contributed by atoms with van der Waals surface area (Å²) < 4.78 is 2.79. The van der Waals surface area contributed by atoms with Gasteiger partial charge in [0.1, 0.15) is 12.0 Å². The third-order valence-electron chi connectivity index (χ3n) is 3.54. The highest BCUT2D eigenvalue weighted by Gasteiger charge is 2.25. The second-order valence-electron chi connectivity index (χ2n) is 4.78. The van der Waals surface area contributed by atoms with Crippen molar-refractivity contribution >= 4 is 40.2 Å². The van der Waals surface area contributed by atoms with E-state index in [4.69, 9.17) is 5.73 Å². The summed E-state index contributed by atoms with van der Waals surface area (Å²) in [6.45, 7) is 0. The summed E-state index contributed by atoms with van der Waals surface area (Å²) in [6.07, 6.45) is 6.73. The number of nitrogen functional groups attached to an aromatic ring is 1. The van der Waals surface area contributed by atoms with Crippen molar-refractivity contribution in [2.24, 2.45) is 4.99 Å². The maximum absolute atomic E-state index is 10.4. The number of hydrogen-bond acceptors (Lipinski definition) is 4. The molecule has 0 atom stereocenters. The lowest BCUT2D eigenvalue weighted by Gasteiger charge is -2.02. The molecule has 6 nitrogen and oxygen atoms in total. The van der Waals surface area contributed by atoms with Gasteiger partial charge < -0.3 is 16.0 Å². The number of nitrogens with zero attached hydrogens (tertiary/aromatic N) is 3. The Kier molecular flexibility index (Phi) is 2.14. The molecule has 1 aliphatic heterocycles. The largest absolute Gasteiger partial charge is 0.506 e. The first-order chi connectivity index (χ1) is 10.2. The molecule has 0 unspecified atom stereocenters. The highest BCUT2D eigenvalue weighted by Crippen LogP contribution is 2.30. The second-order valence-corrected chi connectivity index (χ2v) is 4.78. The topological polar surface area (TPSA) is 87.9 Å². The number of nitrogens with two attached hydrogens (primary N) is 1. The number of aliphatic imine (C=N–C) groups is 1. The number of imidazole rings is 1. The van der Waals surface area contributed by atoms with Crippen molar-refractivity contribution in [1.29, 1.82) is 0 Å². The Morgan fingerprint density at radius 1 is 1.33 bits per heavy atom. The molecule has 102 valence electrons. The van der Waals surface area contributed by atoms with Crippen LogP contribution in [0.25, 0.3) is 22.5 Å². The van der Waals surface area contributed by atoms with Gasteiger partial charge in [-0.25, -0.2) is 0 Å². The fraction of sp³-hybridized carbons (Fsp3) is 0. The minimum absolute atomic E-state index is 0.0223. The van der Waals surface area contributed by atoms with Crippen LogP contribution in [0.3, 0.4) is 0 Å². The van der Waals surface area contributed by atoms with Crippen molar-refractivity contribution in [1.82, 2.24) is 4.73 Å². The van der Waals surface area contributed by atoms with E-state index in [2.05, 4.69) is 10.7 Å². The van der Waals surface area contributed by atoms with Crippen LogP contribution in [0.2, 0.25) is 0 Å². The molecule has 0 aliphatic carbocycles. The Balaban J connectivity index is 2.25. The van der Waals surface area contributed by atoms with E-state index in [0.717, 1.165) is 10.1 Å². The van der Waals surface area contributed by atoms with Crippen LogP contribution in [0.5, 0.6) is 5.75 Å². The van der Waals surface area contributed by atoms with Gasteiger partial charge in [-0.15, -0.1) is 10.7 Å². The van der Waals surface area contributed by atoms with Gasteiger partial charge >= 0.3 is 5.82 Å². The summed E-state index contributed by atoms with van der Waals surface area (Å²) in [4.78, 5) is 4.30. The number of allylic oxidation sites excluding steroid dienone is 1. The summed E-state index contributed by atoms with van der Waals surface area (Å²) in [5, 5.41) is 21.8. The minimum atomic E-state index is -0.0223. The normalized spacial score (nSPS) is 13.0. The van der Waals surface area contributed by atoms with Gasteiger partial charge in [0.05, 0.1) is 17.3 Å². The van der Waals surface area contributed by atoms with E-state index in [1.165, 1.54) is 6.07 Å². The lowest BCUT2D eigenvalue weighted by molar-refractivity contribution is -0.496. The molecule has 3 aromatic rings. The lowest BCUT2D eigenvalue weighted by Crippen LogP contribution is -2.19. The Bertz CT molecular complexity index is 1010. The zero-order valence-electron chi connectivity index (χ0n) is 10.9. The molecule has 0 spiro atoms. The summed E-state index contributed by atoms with van der Waals surface area (Å²) in [7, 11) is 0. The van der Waals surface area contributed by atoms with Crippen LogP contribution < -0.4 is 10.1 Å². The first-order valence-corrected chi connectivity index (χ1v) is 6.32. The highest BCUT2D eigenvalue weighted by atomic mass is 16.5. The van der Waals surface area contributed by atoms with Crippen molar-refractivity contribution < 1.29 is 14.7 Å². The Labute approximate surface area is 119 Å². The smallest absolute Gasteiger partial charge is 0.311 e. The van der Waals surface area contributed by atoms with E-state index in [9.17, 15) is 10.3 Å². The van der Waals surface area contributed by atoms with Gasteiger partial charge in [-0.3, -0.25) is 0 Å². The van der Waals surface area contributed by atoms with Crippen LogP contribution >= 0.6 is 0 Å². The average Bonchev–Trinajstić information content (AvgIpc) is 2.65. The van der Waals surface area contributed by atoms with Crippen LogP contribution in [0.1, 0.15) is 5.69 Å². The van der Waals surface area contributed by atoms with Gasteiger partial charge in [0, 0.05) is 12.2 Å². The van der Waals surface area contributed by atoms with Crippen LogP contribution in [0.15, 0.2) is 41.2 Å². The van der Waals surface area contributed by atoms with Gasteiger partial charge in [0.15, 0.2) is 0 Å². The van der Waals surface area contributed by atoms with E-state index in [0.29, 0.717) is 28.2 Å². The molecule has 3 heterocycles. The number of benzene rings is 1. The van der Waals surface area contributed by atoms with Gasteiger partial charge in [-0.1, -0.05) is 4.73 Å². The molecule has 0 fully saturated rings. The molecule has 2 aromatic heterocycles. The molecule has 0 amide bonds. The van der Waals surface area contributed by atoms with E-state index in [1.807, 2.05) is 6.07 Å². The van der Waals surface area contributed by atoms with E-state index in [-0.39, 0.29) is 5.75 Å². The number of fused-ring (bicyclic) bond motifs is 5. The summed E-state index contributed by atoms with van der Waals surface area (Å²) in [5.74, 6) is 0.567. The SMILES string of the molecule is Nc1cc2cc[n+]3c4c(n(O)c3c2cc1O)C=C=CC=N4. The van der Waals surface area contributed by atoms with Crippen LogP contribution in [-0.4, -0.2) is 21.3 Å². The number of hydrogen-bond donors (Lipinski definition) is 3. The Morgan fingerprint density at radius 3 is 3.05 bits per heavy atom. The molecule has 21 heavy (non-hydrogen) atoms. The minimum Gasteiger partial charge on any atom is -0.506 e. The maximum Gasteiger partial charge on any atom is 0.311 e. The Hall–Kier alpha value is -3.24. The molecular weight excluding hydrogens is 268 g/mol. The maximum atomic E-state index is 10.4. The second kappa shape index (κ2) is 3.88. The van der Waals surface area contributed by atoms with Crippen LogP contribution in [0.4, 0.5) is 11.5 Å². The molecule has 4 N–H and O–H groups in total. The molecule has 1 aromatic carbocycles. The quantitative estimate of drug-likeness (QED) is 0.193. The molecular formula is C15H11N4O2+. The molecule has 0 radical (unpaired) electrons. The fourth-order valence-corrected chi connectivity index (χ4v) is 2.56. The molecule has 0 saturated heterocycles. The van der Waals surface area contributed by atoms with Crippen molar-refractivity contribution in [3.8, 4) is 5.75 Å².